The zero-order valence-electron chi connectivity index (χ0n) is 10.5. The number of rotatable bonds is 1. The lowest BCUT2D eigenvalue weighted by Crippen LogP contribution is -2.40. The van der Waals surface area contributed by atoms with Crippen molar-refractivity contribution in [2.45, 2.75) is 26.1 Å². The standard InChI is InChI=1S/C13H10ClF3O3/c1-5-3-9-7(6(2)10(5)14)4-8(12(18)19)11(20-9)13(15,16)17/h3-4,11H,1-2H3,(H,18,19)/t11-/m1/s1. The van der Waals surface area contributed by atoms with E-state index < -0.39 is 23.8 Å². The molecular formula is C13H10ClF3O3. The van der Waals surface area contributed by atoms with E-state index in [9.17, 15) is 18.0 Å². The summed E-state index contributed by atoms with van der Waals surface area (Å²) in [5.74, 6) is -1.69. The fourth-order valence-electron chi connectivity index (χ4n) is 2.05. The predicted octanol–water partition coefficient (Wildman–Crippen LogP) is 3.75. The summed E-state index contributed by atoms with van der Waals surface area (Å²) in [4.78, 5) is 11.0. The van der Waals surface area contributed by atoms with Crippen LogP contribution in [0.1, 0.15) is 16.7 Å². The molecule has 0 amide bonds. The highest BCUT2D eigenvalue weighted by Crippen LogP contribution is 2.41. The molecule has 0 bridgehead atoms. The second-order valence-electron chi connectivity index (χ2n) is 4.49. The van der Waals surface area contributed by atoms with Gasteiger partial charge in [0.15, 0.2) is 0 Å². The maximum Gasteiger partial charge on any atom is 0.430 e. The van der Waals surface area contributed by atoms with Crippen LogP contribution in [0, 0.1) is 13.8 Å². The molecule has 108 valence electrons. The van der Waals surface area contributed by atoms with Crippen molar-refractivity contribution >= 4 is 23.6 Å². The van der Waals surface area contributed by atoms with E-state index in [2.05, 4.69) is 0 Å². The monoisotopic (exact) mass is 306 g/mol. The number of carboxylic acid groups (broad SMARTS) is 1. The Hall–Kier alpha value is -1.69. The van der Waals surface area contributed by atoms with Gasteiger partial charge in [-0.2, -0.15) is 13.2 Å². The van der Waals surface area contributed by atoms with Gasteiger partial charge in [-0.3, -0.25) is 0 Å². The third kappa shape index (κ3) is 2.35. The summed E-state index contributed by atoms with van der Waals surface area (Å²) in [7, 11) is 0. The summed E-state index contributed by atoms with van der Waals surface area (Å²) in [6.45, 7) is 3.24. The van der Waals surface area contributed by atoms with Gasteiger partial charge in [0, 0.05) is 10.6 Å². The number of aliphatic carboxylic acids is 1. The number of carboxylic acids is 1. The fraction of sp³-hybridized carbons (Fsp3) is 0.308. The molecule has 2 rings (SSSR count). The van der Waals surface area contributed by atoms with Crippen LogP contribution in [0.4, 0.5) is 13.2 Å². The molecule has 0 saturated carbocycles. The number of aryl methyl sites for hydroxylation is 1. The van der Waals surface area contributed by atoms with Gasteiger partial charge >= 0.3 is 12.1 Å². The van der Waals surface area contributed by atoms with E-state index >= 15 is 0 Å². The highest BCUT2D eigenvalue weighted by Gasteiger charge is 2.48. The van der Waals surface area contributed by atoms with Gasteiger partial charge in [0.1, 0.15) is 5.75 Å². The van der Waals surface area contributed by atoms with E-state index in [0.29, 0.717) is 16.1 Å². The Morgan fingerprint density at radius 3 is 2.50 bits per heavy atom. The van der Waals surface area contributed by atoms with Crippen molar-refractivity contribution in [2.75, 3.05) is 0 Å². The van der Waals surface area contributed by atoms with Crippen LogP contribution in [0.15, 0.2) is 11.6 Å². The number of benzene rings is 1. The third-order valence-electron chi connectivity index (χ3n) is 3.06. The second kappa shape index (κ2) is 4.70. The van der Waals surface area contributed by atoms with E-state index in [-0.39, 0.29) is 11.3 Å². The van der Waals surface area contributed by atoms with Gasteiger partial charge in [0.2, 0.25) is 6.10 Å². The fourth-order valence-corrected chi connectivity index (χ4v) is 2.21. The second-order valence-corrected chi connectivity index (χ2v) is 4.87. The van der Waals surface area contributed by atoms with Gasteiger partial charge in [0.25, 0.3) is 0 Å². The number of fused-ring (bicyclic) bond motifs is 1. The van der Waals surface area contributed by atoms with Gasteiger partial charge in [-0.1, -0.05) is 11.6 Å². The van der Waals surface area contributed by atoms with E-state index in [4.69, 9.17) is 21.4 Å². The number of alkyl halides is 3. The van der Waals surface area contributed by atoms with E-state index in [1.807, 2.05) is 0 Å². The summed E-state index contributed by atoms with van der Waals surface area (Å²) >= 11 is 6.01. The van der Waals surface area contributed by atoms with Gasteiger partial charge < -0.3 is 9.84 Å². The molecule has 1 aromatic rings. The topological polar surface area (TPSA) is 46.5 Å². The number of hydrogen-bond acceptors (Lipinski definition) is 2. The normalized spacial score (nSPS) is 18.1. The Bertz CT molecular complexity index is 620. The molecule has 0 aromatic heterocycles. The summed E-state index contributed by atoms with van der Waals surface area (Å²) in [5, 5.41) is 9.30. The molecular weight excluding hydrogens is 297 g/mol. The van der Waals surface area contributed by atoms with Crippen LogP contribution in [0.2, 0.25) is 5.02 Å². The van der Waals surface area contributed by atoms with Crippen molar-refractivity contribution < 1.29 is 27.8 Å². The lowest BCUT2D eigenvalue weighted by Gasteiger charge is -2.28. The first-order valence-corrected chi connectivity index (χ1v) is 5.98. The minimum atomic E-state index is -4.80. The Morgan fingerprint density at radius 1 is 1.40 bits per heavy atom. The average molecular weight is 307 g/mol. The molecule has 1 N–H and O–H groups in total. The van der Waals surface area contributed by atoms with Crippen LogP contribution in [0.5, 0.6) is 5.75 Å². The molecule has 0 fully saturated rings. The average Bonchev–Trinajstić information content (AvgIpc) is 2.33. The Kier molecular flexibility index (Phi) is 3.46. The SMILES string of the molecule is Cc1cc2c(c(C)c1Cl)C=C(C(=O)O)[C@H](C(F)(F)F)O2. The quantitative estimate of drug-likeness (QED) is 0.859. The molecule has 7 heteroatoms. The molecule has 1 aromatic carbocycles. The van der Waals surface area contributed by atoms with Gasteiger partial charge in [-0.05, 0) is 37.1 Å². The zero-order valence-corrected chi connectivity index (χ0v) is 11.3. The number of carbonyl (C=O) groups is 1. The van der Waals surface area contributed by atoms with E-state index in [1.54, 1.807) is 13.8 Å². The van der Waals surface area contributed by atoms with Crippen molar-refractivity contribution in [1.82, 2.24) is 0 Å². The molecule has 0 unspecified atom stereocenters. The molecule has 1 aliphatic rings. The molecule has 20 heavy (non-hydrogen) atoms. The summed E-state index contributed by atoms with van der Waals surface area (Å²) in [5.41, 5.74) is 0.462. The van der Waals surface area contributed by atoms with Crippen molar-refractivity contribution in [1.29, 1.82) is 0 Å². The highest BCUT2D eigenvalue weighted by molar-refractivity contribution is 6.32. The van der Waals surface area contributed by atoms with Gasteiger partial charge in [-0.25, -0.2) is 4.79 Å². The number of halogens is 4. The lowest BCUT2D eigenvalue weighted by molar-refractivity contribution is -0.187. The molecule has 1 heterocycles. The minimum absolute atomic E-state index is 0.0169. The summed E-state index contributed by atoms with van der Waals surface area (Å²) < 4.78 is 43.5. The maximum atomic E-state index is 12.9. The van der Waals surface area contributed by atoms with Gasteiger partial charge in [-0.15, -0.1) is 0 Å². The van der Waals surface area contributed by atoms with Crippen LogP contribution >= 0.6 is 11.6 Å². The Labute approximate surface area is 117 Å². The van der Waals surface area contributed by atoms with Gasteiger partial charge in [0.05, 0.1) is 5.57 Å². The first kappa shape index (κ1) is 14.7. The Morgan fingerprint density at radius 2 is 2.00 bits per heavy atom. The van der Waals surface area contributed by atoms with Crippen LogP contribution < -0.4 is 4.74 Å². The van der Waals surface area contributed by atoms with Crippen molar-refractivity contribution in [2.24, 2.45) is 0 Å². The van der Waals surface area contributed by atoms with Crippen molar-refractivity contribution in [3.8, 4) is 5.75 Å². The van der Waals surface area contributed by atoms with Crippen molar-refractivity contribution in [3.63, 3.8) is 0 Å². The first-order valence-electron chi connectivity index (χ1n) is 5.61. The summed E-state index contributed by atoms with van der Waals surface area (Å²) in [6, 6.07) is 1.37. The molecule has 1 aliphatic heterocycles. The van der Waals surface area contributed by atoms with Crippen LogP contribution in [0.3, 0.4) is 0 Å². The Balaban J connectivity index is 2.66. The third-order valence-corrected chi connectivity index (χ3v) is 3.65. The molecule has 0 saturated heterocycles. The zero-order chi connectivity index (χ0) is 15.2. The molecule has 1 atom stereocenters. The smallest absolute Gasteiger partial charge is 0.430 e. The van der Waals surface area contributed by atoms with E-state index in [1.165, 1.54) is 6.07 Å². The predicted molar refractivity (Wildman–Crippen MR) is 67.0 cm³/mol. The van der Waals surface area contributed by atoms with Crippen molar-refractivity contribution in [3.05, 3.63) is 33.4 Å². The first-order chi connectivity index (χ1) is 9.12. The summed E-state index contributed by atoms with van der Waals surface area (Å²) in [6.07, 6.45) is -6.31. The van der Waals surface area contributed by atoms with Crippen LogP contribution in [0.25, 0.3) is 6.08 Å². The lowest BCUT2D eigenvalue weighted by atomic mass is 9.96. The molecule has 0 radical (unpaired) electrons. The molecule has 0 aliphatic carbocycles. The number of ether oxygens (including phenoxy) is 1. The largest absolute Gasteiger partial charge is 0.478 e. The maximum absolute atomic E-state index is 12.9. The molecule has 3 nitrogen and oxygen atoms in total. The highest BCUT2D eigenvalue weighted by atomic mass is 35.5. The minimum Gasteiger partial charge on any atom is -0.478 e. The number of hydrogen-bond donors (Lipinski definition) is 1. The molecule has 0 spiro atoms. The van der Waals surface area contributed by atoms with E-state index in [0.717, 1.165) is 6.08 Å². The van der Waals surface area contributed by atoms with Crippen LogP contribution in [-0.4, -0.2) is 23.4 Å². The van der Waals surface area contributed by atoms with Crippen LogP contribution in [-0.2, 0) is 4.79 Å².